The molecule has 2 aliphatic rings. The van der Waals surface area contributed by atoms with Crippen LogP contribution >= 0.6 is 0 Å². The maximum atomic E-state index is 4.59. The van der Waals surface area contributed by atoms with E-state index in [4.69, 9.17) is 0 Å². The molecule has 0 unspecified atom stereocenters. The summed E-state index contributed by atoms with van der Waals surface area (Å²) in [6, 6.07) is 54.4. The largest absolute Gasteiger partial charge is 0.261 e. The van der Waals surface area contributed by atoms with Gasteiger partial charge in [0.05, 0.1) is 23.8 Å². The van der Waals surface area contributed by atoms with Crippen LogP contribution in [0.4, 0.5) is 0 Å². The van der Waals surface area contributed by atoms with E-state index in [1.165, 1.54) is 77.9 Å². The van der Waals surface area contributed by atoms with Crippen LogP contribution in [0.25, 0.3) is 89.3 Å². The van der Waals surface area contributed by atoms with E-state index in [0.717, 1.165) is 33.6 Å². The molecule has 2 aliphatic carbocycles. The first-order valence-corrected chi connectivity index (χ1v) is 20.7. The van der Waals surface area contributed by atoms with Crippen molar-refractivity contribution in [2.24, 2.45) is 0 Å². The maximum Gasteiger partial charge on any atom is 0.0885 e. The molecule has 0 bridgehead atoms. The third kappa shape index (κ3) is 5.66. The first-order chi connectivity index (χ1) is 29.3. The zero-order chi connectivity index (χ0) is 40.6. The molecular weight excluding hydrogens is 729 g/mol. The van der Waals surface area contributed by atoms with Crippen molar-refractivity contribution < 1.29 is 0 Å². The lowest BCUT2D eigenvalue weighted by Crippen LogP contribution is -2.15. The zero-order valence-corrected chi connectivity index (χ0v) is 34.1. The normalized spacial score (nSPS) is 13.9. The molecule has 7 aromatic carbocycles. The summed E-state index contributed by atoms with van der Waals surface area (Å²) in [5, 5.41) is 0. The molecule has 0 saturated carbocycles. The number of rotatable bonds is 6. The summed E-state index contributed by atoms with van der Waals surface area (Å²) < 4.78 is 0. The van der Waals surface area contributed by atoms with Gasteiger partial charge in [0.15, 0.2) is 0 Å². The molecule has 0 atom stereocenters. The lowest BCUT2D eigenvalue weighted by Gasteiger charge is -2.24. The minimum absolute atomic E-state index is 0.130. The first kappa shape index (κ1) is 35.8. The first-order valence-electron chi connectivity index (χ1n) is 20.7. The molecular formula is C56H42N4. The predicted octanol–water partition coefficient (Wildman–Crippen LogP) is 13.9. The highest BCUT2D eigenvalue weighted by molar-refractivity contribution is 5.97. The van der Waals surface area contributed by atoms with Crippen LogP contribution in [0, 0.1) is 0 Å². The van der Waals surface area contributed by atoms with Gasteiger partial charge < -0.3 is 0 Å². The van der Waals surface area contributed by atoms with Gasteiger partial charge in [0.1, 0.15) is 0 Å². The van der Waals surface area contributed by atoms with E-state index in [9.17, 15) is 0 Å². The highest BCUT2D eigenvalue weighted by Crippen LogP contribution is 2.53. The smallest absolute Gasteiger partial charge is 0.0885 e. The minimum Gasteiger partial charge on any atom is -0.261 e. The Morgan fingerprint density at radius 1 is 0.300 bits per heavy atom. The molecule has 0 spiro atoms. The Balaban J connectivity index is 1.15. The van der Waals surface area contributed by atoms with Gasteiger partial charge in [-0.15, -0.1) is 0 Å². The Morgan fingerprint density at radius 3 is 1.05 bits per heavy atom. The zero-order valence-electron chi connectivity index (χ0n) is 34.1. The van der Waals surface area contributed by atoms with Crippen LogP contribution in [-0.4, -0.2) is 19.9 Å². The van der Waals surface area contributed by atoms with Crippen LogP contribution in [0.1, 0.15) is 49.9 Å². The Bertz CT molecular complexity index is 2900. The fraction of sp³-hybridized carbons (Fsp3) is 0.107. The van der Waals surface area contributed by atoms with Gasteiger partial charge in [-0.3, -0.25) is 19.9 Å². The van der Waals surface area contributed by atoms with Crippen LogP contribution in [-0.2, 0) is 10.8 Å². The van der Waals surface area contributed by atoms with E-state index >= 15 is 0 Å². The summed E-state index contributed by atoms with van der Waals surface area (Å²) in [7, 11) is 0. The molecule has 2 aromatic heterocycles. The molecule has 0 radical (unpaired) electrons. The SMILES string of the molecule is CC1(C)c2ccccc2-c2ccc(-c3cc(-c4ccc5c(c4)C(C)(C)c4ccccc4-5)c(-c4ccc(-c5cnccn5)cc4)cc3-c3ccc(-c4cnccn4)cc3)cc21. The molecule has 60 heavy (non-hydrogen) atoms. The van der Waals surface area contributed by atoms with Crippen molar-refractivity contribution >= 4 is 0 Å². The van der Waals surface area contributed by atoms with E-state index in [1.807, 2.05) is 12.4 Å². The third-order valence-electron chi connectivity index (χ3n) is 13.1. The number of benzene rings is 7. The van der Waals surface area contributed by atoms with Crippen LogP contribution in [0.15, 0.2) is 183 Å². The molecule has 0 aliphatic heterocycles. The molecule has 4 nitrogen and oxygen atoms in total. The maximum absolute atomic E-state index is 4.59. The van der Waals surface area contributed by atoms with Gasteiger partial charge >= 0.3 is 0 Å². The van der Waals surface area contributed by atoms with Crippen molar-refractivity contribution in [3.63, 3.8) is 0 Å². The van der Waals surface area contributed by atoms with Crippen LogP contribution in [0.2, 0.25) is 0 Å². The summed E-state index contributed by atoms with van der Waals surface area (Å²) in [6.07, 6.45) is 10.6. The summed E-state index contributed by atoms with van der Waals surface area (Å²) in [6.45, 7) is 9.43. The molecule has 9 aromatic rings. The van der Waals surface area contributed by atoms with Crippen molar-refractivity contribution in [3.05, 3.63) is 205 Å². The number of hydrogen-bond acceptors (Lipinski definition) is 4. The topological polar surface area (TPSA) is 51.6 Å². The van der Waals surface area contributed by atoms with E-state index in [1.54, 1.807) is 24.8 Å². The van der Waals surface area contributed by atoms with Crippen LogP contribution in [0.5, 0.6) is 0 Å². The number of nitrogens with zero attached hydrogens (tertiary/aromatic N) is 4. The second-order valence-electron chi connectivity index (χ2n) is 17.1. The fourth-order valence-electron chi connectivity index (χ4n) is 9.84. The highest BCUT2D eigenvalue weighted by Gasteiger charge is 2.37. The predicted molar refractivity (Wildman–Crippen MR) is 245 cm³/mol. The molecule has 2 heterocycles. The molecule has 0 fully saturated rings. The Morgan fingerprint density at radius 2 is 0.650 bits per heavy atom. The van der Waals surface area contributed by atoms with E-state index in [2.05, 4.69) is 193 Å². The van der Waals surface area contributed by atoms with Gasteiger partial charge in [0.2, 0.25) is 0 Å². The Hall–Kier alpha value is -7.30. The molecule has 0 N–H and O–H groups in total. The monoisotopic (exact) mass is 770 g/mol. The van der Waals surface area contributed by atoms with Gasteiger partial charge in [0.25, 0.3) is 0 Å². The molecule has 0 saturated heterocycles. The standard InChI is InChI=1S/C56H42N4/c1-55(2)49-11-7-5-9-41(49)43-23-21-39(29-51(43)55)47-32-48(40-22-24-44-42-10-6-8-12-50(42)56(3,4)52(44)30-40)46(36-15-19-38(20-16-36)54-34-58-26-28-60-54)31-45(47)35-13-17-37(18-14-35)53-33-57-25-27-59-53/h5-34H,1-4H3. The van der Waals surface area contributed by atoms with Crippen molar-refractivity contribution in [1.82, 2.24) is 19.9 Å². The quantitative estimate of drug-likeness (QED) is 0.169. The van der Waals surface area contributed by atoms with Crippen LogP contribution < -0.4 is 0 Å². The van der Waals surface area contributed by atoms with Crippen LogP contribution in [0.3, 0.4) is 0 Å². The van der Waals surface area contributed by atoms with Gasteiger partial charge in [0, 0.05) is 46.7 Å². The average Bonchev–Trinajstić information content (AvgIpc) is 3.68. The lowest BCUT2D eigenvalue weighted by molar-refractivity contribution is 0.660. The summed E-state index contributed by atoms with van der Waals surface area (Å²) in [5.74, 6) is 0. The van der Waals surface area contributed by atoms with E-state index in [0.29, 0.717) is 0 Å². The molecule has 286 valence electrons. The van der Waals surface area contributed by atoms with E-state index in [-0.39, 0.29) is 10.8 Å². The second-order valence-corrected chi connectivity index (χ2v) is 17.1. The Kier molecular flexibility index (Phi) is 8.15. The van der Waals surface area contributed by atoms with E-state index < -0.39 is 0 Å². The second kappa shape index (κ2) is 13.6. The van der Waals surface area contributed by atoms with Crippen molar-refractivity contribution in [1.29, 1.82) is 0 Å². The summed E-state index contributed by atoms with van der Waals surface area (Å²) in [4.78, 5) is 17.8. The van der Waals surface area contributed by atoms with Gasteiger partial charge in [-0.2, -0.15) is 0 Å². The number of fused-ring (bicyclic) bond motifs is 6. The van der Waals surface area contributed by atoms with Gasteiger partial charge in [-0.25, -0.2) is 0 Å². The third-order valence-corrected chi connectivity index (χ3v) is 13.1. The summed E-state index contributed by atoms with van der Waals surface area (Å²) in [5.41, 5.74) is 23.6. The molecule has 11 rings (SSSR count). The summed E-state index contributed by atoms with van der Waals surface area (Å²) >= 11 is 0. The lowest BCUT2D eigenvalue weighted by atomic mass is 9.79. The molecule has 4 heteroatoms. The van der Waals surface area contributed by atoms with Crippen molar-refractivity contribution in [2.75, 3.05) is 0 Å². The average molecular weight is 771 g/mol. The number of aromatic nitrogens is 4. The van der Waals surface area contributed by atoms with Gasteiger partial charge in [-0.05, 0) is 113 Å². The molecule has 0 amide bonds. The van der Waals surface area contributed by atoms with Crippen molar-refractivity contribution in [2.45, 2.75) is 38.5 Å². The highest BCUT2D eigenvalue weighted by atomic mass is 14.8. The minimum atomic E-state index is -0.130. The van der Waals surface area contributed by atoms with Gasteiger partial charge in [-0.1, -0.05) is 149 Å². The number of hydrogen-bond donors (Lipinski definition) is 0. The fourth-order valence-corrected chi connectivity index (χ4v) is 9.84. The van der Waals surface area contributed by atoms with Crippen molar-refractivity contribution in [3.8, 4) is 89.3 Å². The Labute approximate surface area is 351 Å².